The Morgan fingerprint density at radius 1 is 1.16 bits per heavy atom. The molecule has 1 aliphatic carbocycles. The summed E-state index contributed by atoms with van der Waals surface area (Å²) in [4.78, 5) is 2.18. The molecule has 114 valence electrons. The minimum absolute atomic E-state index is 0.00132. The molecular formula is C13H29N3O2S. The van der Waals surface area contributed by atoms with Gasteiger partial charge in [0.25, 0.3) is 10.2 Å². The Balaban J connectivity index is 2.58. The lowest BCUT2D eigenvalue weighted by Crippen LogP contribution is -2.52. The van der Waals surface area contributed by atoms with Gasteiger partial charge in [-0.2, -0.15) is 12.7 Å². The molecule has 0 bridgehead atoms. The van der Waals surface area contributed by atoms with E-state index in [4.69, 9.17) is 0 Å². The molecule has 6 heteroatoms. The van der Waals surface area contributed by atoms with E-state index < -0.39 is 10.2 Å². The molecule has 0 aromatic rings. The number of nitrogens with one attached hydrogen (secondary N) is 1. The number of nitrogens with zero attached hydrogens (tertiary/aromatic N) is 2. The molecule has 0 amide bonds. The van der Waals surface area contributed by atoms with Crippen molar-refractivity contribution >= 4 is 10.2 Å². The first kappa shape index (κ1) is 16.9. The molecule has 0 aromatic heterocycles. The molecule has 1 saturated carbocycles. The fourth-order valence-electron chi connectivity index (χ4n) is 2.65. The molecular weight excluding hydrogens is 262 g/mol. The fourth-order valence-corrected chi connectivity index (χ4v) is 3.69. The van der Waals surface area contributed by atoms with Crippen molar-refractivity contribution in [2.45, 2.75) is 51.0 Å². The van der Waals surface area contributed by atoms with Crippen LogP contribution in [0.5, 0.6) is 0 Å². The van der Waals surface area contributed by atoms with Crippen LogP contribution in [0.1, 0.15) is 45.4 Å². The van der Waals surface area contributed by atoms with Gasteiger partial charge in [0.15, 0.2) is 0 Å². The van der Waals surface area contributed by atoms with E-state index in [-0.39, 0.29) is 5.54 Å². The first-order valence-electron chi connectivity index (χ1n) is 7.22. The summed E-state index contributed by atoms with van der Waals surface area (Å²) in [6, 6.07) is 0. The predicted molar refractivity (Wildman–Crippen MR) is 79.3 cm³/mol. The molecule has 0 aliphatic heterocycles. The molecule has 1 fully saturated rings. The summed E-state index contributed by atoms with van der Waals surface area (Å²) in [5.41, 5.74) is -0.00132. The first-order chi connectivity index (χ1) is 8.84. The zero-order valence-corrected chi connectivity index (χ0v) is 13.6. The Kier molecular flexibility index (Phi) is 6.23. The van der Waals surface area contributed by atoms with E-state index >= 15 is 0 Å². The number of hydrogen-bond acceptors (Lipinski definition) is 3. The summed E-state index contributed by atoms with van der Waals surface area (Å²) >= 11 is 0. The minimum atomic E-state index is -3.33. The van der Waals surface area contributed by atoms with E-state index in [2.05, 4.69) is 16.5 Å². The highest BCUT2D eigenvalue weighted by Gasteiger charge is 2.37. The average molecular weight is 291 g/mol. The third-order valence-corrected chi connectivity index (χ3v) is 5.82. The normalized spacial score (nSPS) is 19.5. The van der Waals surface area contributed by atoms with Crippen LogP contribution in [0.25, 0.3) is 0 Å². The molecule has 0 atom stereocenters. The Bertz CT molecular complexity index is 362. The Hall–Kier alpha value is -0.170. The van der Waals surface area contributed by atoms with Gasteiger partial charge in [-0.1, -0.05) is 26.2 Å². The molecule has 5 nitrogen and oxygen atoms in total. The second-order valence-electron chi connectivity index (χ2n) is 5.83. The molecule has 0 unspecified atom stereocenters. The van der Waals surface area contributed by atoms with Crippen molar-refractivity contribution in [2.75, 3.05) is 34.2 Å². The van der Waals surface area contributed by atoms with Crippen LogP contribution in [0.3, 0.4) is 0 Å². The second-order valence-corrected chi connectivity index (χ2v) is 7.69. The van der Waals surface area contributed by atoms with Gasteiger partial charge in [-0.05, 0) is 33.4 Å². The quantitative estimate of drug-likeness (QED) is 0.736. The maximum absolute atomic E-state index is 12.2. The summed E-state index contributed by atoms with van der Waals surface area (Å²) in [6.45, 7) is 3.16. The van der Waals surface area contributed by atoms with Gasteiger partial charge >= 0.3 is 0 Å². The zero-order chi connectivity index (χ0) is 14.5. The van der Waals surface area contributed by atoms with Crippen LogP contribution in [0.2, 0.25) is 0 Å². The SMILES string of the molecule is CCCCN(C)S(=O)(=O)NCC1(N(C)C)CCCC1. The first-order valence-corrected chi connectivity index (χ1v) is 8.66. The minimum Gasteiger partial charge on any atom is -0.302 e. The largest absolute Gasteiger partial charge is 0.302 e. The van der Waals surface area contributed by atoms with Crippen molar-refractivity contribution < 1.29 is 8.42 Å². The van der Waals surface area contributed by atoms with Crippen LogP contribution < -0.4 is 4.72 Å². The number of rotatable bonds is 8. The molecule has 0 radical (unpaired) electrons. The van der Waals surface area contributed by atoms with Crippen molar-refractivity contribution in [3.05, 3.63) is 0 Å². The van der Waals surface area contributed by atoms with E-state index in [1.54, 1.807) is 7.05 Å². The van der Waals surface area contributed by atoms with Crippen molar-refractivity contribution in [3.8, 4) is 0 Å². The maximum Gasteiger partial charge on any atom is 0.279 e. The highest BCUT2D eigenvalue weighted by Crippen LogP contribution is 2.33. The number of hydrogen-bond donors (Lipinski definition) is 1. The summed E-state index contributed by atoms with van der Waals surface area (Å²) in [5, 5.41) is 0. The van der Waals surface area contributed by atoms with E-state index in [1.807, 2.05) is 14.1 Å². The van der Waals surface area contributed by atoms with Gasteiger partial charge in [-0.3, -0.25) is 0 Å². The summed E-state index contributed by atoms with van der Waals surface area (Å²) < 4.78 is 28.5. The van der Waals surface area contributed by atoms with Gasteiger partial charge in [0.2, 0.25) is 0 Å². The molecule has 1 rings (SSSR count). The molecule has 0 saturated heterocycles. The smallest absolute Gasteiger partial charge is 0.279 e. The highest BCUT2D eigenvalue weighted by molar-refractivity contribution is 7.87. The predicted octanol–water partition coefficient (Wildman–Crippen LogP) is 1.43. The molecule has 1 aliphatic rings. The Morgan fingerprint density at radius 3 is 2.21 bits per heavy atom. The molecule has 0 heterocycles. The van der Waals surface area contributed by atoms with Gasteiger partial charge in [0, 0.05) is 25.7 Å². The van der Waals surface area contributed by atoms with Gasteiger partial charge in [-0.25, -0.2) is 4.72 Å². The summed E-state index contributed by atoms with van der Waals surface area (Å²) in [6.07, 6.45) is 6.41. The van der Waals surface area contributed by atoms with E-state index in [0.29, 0.717) is 13.1 Å². The monoisotopic (exact) mass is 291 g/mol. The average Bonchev–Trinajstić information content (AvgIpc) is 2.83. The van der Waals surface area contributed by atoms with Crippen LogP contribution in [0.15, 0.2) is 0 Å². The number of unbranched alkanes of at least 4 members (excludes halogenated alkanes) is 1. The highest BCUT2D eigenvalue weighted by atomic mass is 32.2. The van der Waals surface area contributed by atoms with Crippen molar-refractivity contribution in [3.63, 3.8) is 0 Å². The van der Waals surface area contributed by atoms with Crippen LogP contribution in [-0.2, 0) is 10.2 Å². The Morgan fingerprint density at radius 2 is 1.74 bits per heavy atom. The second kappa shape index (κ2) is 7.02. The molecule has 0 spiro atoms. The molecule has 19 heavy (non-hydrogen) atoms. The summed E-state index contributed by atoms with van der Waals surface area (Å²) in [5.74, 6) is 0. The zero-order valence-electron chi connectivity index (χ0n) is 12.8. The van der Waals surface area contributed by atoms with Crippen molar-refractivity contribution in [1.29, 1.82) is 0 Å². The molecule has 1 N–H and O–H groups in total. The van der Waals surface area contributed by atoms with Crippen molar-refractivity contribution in [2.24, 2.45) is 0 Å². The van der Waals surface area contributed by atoms with E-state index in [1.165, 1.54) is 17.1 Å². The lowest BCUT2D eigenvalue weighted by molar-refractivity contribution is 0.161. The van der Waals surface area contributed by atoms with E-state index in [9.17, 15) is 8.42 Å². The maximum atomic E-state index is 12.2. The van der Waals surface area contributed by atoms with Crippen LogP contribution in [-0.4, -0.2) is 57.4 Å². The Labute approximate surface area is 118 Å². The lowest BCUT2D eigenvalue weighted by Gasteiger charge is -2.36. The van der Waals surface area contributed by atoms with Gasteiger partial charge in [0.1, 0.15) is 0 Å². The van der Waals surface area contributed by atoms with Gasteiger partial charge in [0.05, 0.1) is 0 Å². The number of likely N-dealkylation sites (N-methyl/N-ethyl adjacent to an activating group) is 1. The standard InChI is InChI=1S/C13H29N3O2S/c1-5-6-11-16(4)19(17,18)14-12-13(15(2)3)9-7-8-10-13/h14H,5-12H2,1-4H3. The van der Waals surface area contributed by atoms with E-state index in [0.717, 1.165) is 25.7 Å². The van der Waals surface area contributed by atoms with Gasteiger partial charge in [-0.15, -0.1) is 0 Å². The van der Waals surface area contributed by atoms with Crippen LogP contribution in [0, 0.1) is 0 Å². The topological polar surface area (TPSA) is 52.7 Å². The molecule has 0 aromatic carbocycles. The van der Waals surface area contributed by atoms with Gasteiger partial charge < -0.3 is 4.90 Å². The fraction of sp³-hybridized carbons (Fsp3) is 1.00. The summed E-state index contributed by atoms with van der Waals surface area (Å²) in [7, 11) is 2.40. The van der Waals surface area contributed by atoms with Crippen molar-refractivity contribution in [1.82, 2.24) is 13.9 Å². The van der Waals surface area contributed by atoms with Crippen LogP contribution in [0.4, 0.5) is 0 Å². The van der Waals surface area contributed by atoms with Crippen LogP contribution >= 0.6 is 0 Å². The lowest BCUT2D eigenvalue weighted by atomic mass is 9.97. The third-order valence-electron chi connectivity index (χ3n) is 4.30. The third kappa shape index (κ3) is 4.41.